The molecule has 0 unspecified atom stereocenters. The van der Waals surface area contributed by atoms with Gasteiger partial charge in [-0.1, -0.05) is 11.6 Å². The van der Waals surface area contributed by atoms with Crippen LogP contribution in [0.3, 0.4) is 0 Å². The normalized spacial score (nSPS) is 18.9. The van der Waals surface area contributed by atoms with Gasteiger partial charge < -0.3 is 14.8 Å². The molecule has 0 aromatic heterocycles. The summed E-state index contributed by atoms with van der Waals surface area (Å²) in [5, 5.41) is 2.17. The number of hydrogen-bond donors (Lipinski definition) is 1. The lowest BCUT2D eigenvalue weighted by atomic mass is 10.1. The molecule has 0 bridgehead atoms. The van der Waals surface area contributed by atoms with E-state index in [9.17, 15) is 22.0 Å². The van der Waals surface area contributed by atoms with E-state index in [-0.39, 0.29) is 28.7 Å². The zero-order chi connectivity index (χ0) is 22.2. The zero-order valence-electron chi connectivity index (χ0n) is 16.2. The van der Waals surface area contributed by atoms with Crippen LogP contribution < -0.4 is 5.32 Å². The molecule has 4 rings (SSSR count). The Labute approximate surface area is 182 Å². The third kappa shape index (κ3) is 4.44. The average Bonchev–Trinajstić information content (AvgIpc) is 3.19. The number of piperidine rings is 1. The number of rotatable bonds is 4. The van der Waals surface area contributed by atoms with E-state index in [1.165, 1.54) is 16.4 Å². The van der Waals surface area contributed by atoms with Gasteiger partial charge >= 0.3 is 0 Å². The second-order valence-corrected chi connectivity index (χ2v) is 9.58. The fourth-order valence-corrected chi connectivity index (χ4v) is 5.26. The van der Waals surface area contributed by atoms with E-state index in [0.717, 1.165) is 24.3 Å². The highest BCUT2D eigenvalue weighted by Gasteiger charge is 2.42. The first-order chi connectivity index (χ1) is 14.7. The minimum atomic E-state index is -3.96. The Balaban J connectivity index is 1.53. The fraction of sp³-hybridized carbons (Fsp3) is 0.350. The summed E-state index contributed by atoms with van der Waals surface area (Å²) in [6, 6.07) is 6.50. The van der Waals surface area contributed by atoms with Crippen molar-refractivity contribution in [3.8, 4) is 0 Å². The van der Waals surface area contributed by atoms with Crippen molar-refractivity contribution < 1.29 is 31.5 Å². The largest absolute Gasteiger partial charge is 0.347 e. The van der Waals surface area contributed by atoms with E-state index in [2.05, 4.69) is 5.32 Å². The van der Waals surface area contributed by atoms with Gasteiger partial charge in [0.1, 0.15) is 11.6 Å². The summed E-state index contributed by atoms with van der Waals surface area (Å²) in [4.78, 5) is 12.3. The standard InChI is InChI=1S/C20H19ClF2N2O5S/c21-16-11-13(1-3-18(16)23)24-19(26)15-12-14(2-4-17(15)22)31(27,28)25-7-5-20(6-8-25)29-9-10-30-20/h1-4,11-12H,5-10H2,(H,24,26). The van der Waals surface area contributed by atoms with Crippen LogP contribution in [0.4, 0.5) is 14.5 Å². The molecule has 11 heteroatoms. The van der Waals surface area contributed by atoms with Gasteiger partial charge in [0.25, 0.3) is 5.91 Å². The maximum atomic E-state index is 14.3. The highest BCUT2D eigenvalue weighted by atomic mass is 35.5. The molecule has 0 radical (unpaired) electrons. The van der Waals surface area contributed by atoms with E-state index in [0.29, 0.717) is 26.1 Å². The first-order valence-electron chi connectivity index (χ1n) is 9.54. The fourth-order valence-electron chi connectivity index (χ4n) is 3.61. The lowest BCUT2D eigenvalue weighted by Gasteiger charge is -2.36. The molecular weight excluding hydrogens is 454 g/mol. The van der Waals surface area contributed by atoms with Gasteiger partial charge in [-0.2, -0.15) is 4.31 Å². The van der Waals surface area contributed by atoms with E-state index < -0.39 is 38.9 Å². The number of halogens is 3. The summed E-state index contributed by atoms with van der Waals surface area (Å²) in [5.41, 5.74) is -0.320. The molecule has 2 aliphatic heterocycles. The lowest BCUT2D eigenvalue weighted by Crippen LogP contribution is -2.47. The molecule has 2 fully saturated rings. The molecule has 7 nitrogen and oxygen atoms in total. The number of carbonyl (C=O) groups is 1. The number of amides is 1. The van der Waals surface area contributed by atoms with Crippen LogP contribution in [0.15, 0.2) is 41.3 Å². The van der Waals surface area contributed by atoms with Gasteiger partial charge in [0, 0.05) is 31.6 Å². The first kappa shape index (κ1) is 22.1. The number of nitrogens with zero attached hydrogens (tertiary/aromatic N) is 1. The summed E-state index contributed by atoms with van der Waals surface area (Å²) in [6.45, 7) is 1.30. The average molecular weight is 473 g/mol. The molecule has 1 spiro atoms. The molecular formula is C20H19ClF2N2O5S. The van der Waals surface area contributed by atoms with Gasteiger partial charge in [0.05, 0.1) is 28.7 Å². The van der Waals surface area contributed by atoms with E-state index in [1.54, 1.807) is 0 Å². The van der Waals surface area contributed by atoms with E-state index >= 15 is 0 Å². The van der Waals surface area contributed by atoms with Crippen LogP contribution in [-0.2, 0) is 19.5 Å². The van der Waals surface area contributed by atoms with Crippen LogP contribution in [0.5, 0.6) is 0 Å². The van der Waals surface area contributed by atoms with Crippen LogP contribution in [0.2, 0.25) is 5.02 Å². The number of sulfonamides is 1. The van der Waals surface area contributed by atoms with Gasteiger partial charge in [-0.25, -0.2) is 17.2 Å². The number of ether oxygens (including phenoxy) is 2. The minimum Gasteiger partial charge on any atom is -0.347 e. The first-order valence-corrected chi connectivity index (χ1v) is 11.4. The number of nitrogens with one attached hydrogen (secondary N) is 1. The predicted molar refractivity (Wildman–Crippen MR) is 108 cm³/mol. The van der Waals surface area contributed by atoms with Crippen molar-refractivity contribution in [1.82, 2.24) is 4.31 Å². The van der Waals surface area contributed by atoms with Crippen molar-refractivity contribution in [1.29, 1.82) is 0 Å². The summed E-state index contributed by atoms with van der Waals surface area (Å²) in [7, 11) is -3.96. The Hall–Kier alpha value is -2.11. The quantitative estimate of drug-likeness (QED) is 0.737. The molecule has 1 amide bonds. The Morgan fingerprint density at radius 1 is 1.03 bits per heavy atom. The molecule has 2 aromatic rings. The number of carbonyl (C=O) groups excluding carboxylic acids is 1. The second-order valence-electron chi connectivity index (χ2n) is 7.24. The molecule has 31 heavy (non-hydrogen) atoms. The molecule has 1 N–H and O–H groups in total. The summed E-state index contributed by atoms with van der Waals surface area (Å²) in [6.07, 6.45) is 0.762. The second kappa shape index (κ2) is 8.44. The summed E-state index contributed by atoms with van der Waals surface area (Å²) in [5.74, 6) is -3.19. The SMILES string of the molecule is O=C(Nc1ccc(F)c(Cl)c1)c1cc(S(=O)(=O)N2CCC3(CC2)OCCO3)ccc1F. The summed E-state index contributed by atoms with van der Waals surface area (Å²) >= 11 is 5.69. The highest BCUT2D eigenvalue weighted by Crippen LogP contribution is 2.33. The minimum absolute atomic E-state index is 0.141. The van der Waals surface area contributed by atoms with Crippen molar-refractivity contribution in [2.75, 3.05) is 31.6 Å². The van der Waals surface area contributed by atoms with Crippen LogP contribution in [-0.4, -0.2) is 50.7 Å². The zero-order valence-corrected chi connectivity index (χ0v) is 17.8. The molecule has 2 aromatic carbocycles. The topological polar surface area (TPSA) is 84.9 Å². The molecule has 0 aliphatic carbocycles. The van der Waals surface area contributed by atoms with Gasteiger partial charge in [0.2, 0.25) is 10.0 Å². The van der Waals surface area contributed by atoms with Gasteiger partial charge in [-0.15, -0.1) is 0 Å². The number of anilines is 1. The van der Waals surface area contributed by atoms with E-state index in [4.69, 9.17) is 21.1 Å². The van der Waals surface area contributed by atoms with Crippen LogP contribution in [0.25, 0.3) is 0 Å². The molecule has 2 heterocycles. The number of benzene rings is 2. The molecule has 0 atom stereocenters. The van der Waals surface area contributed by atoms with Crippen molar-refractivity contribution in [3.63, 3.8) is 0 Å². The highest BCUT2D eigenvalue weighted by molar-refractivity contribution is 7.89. The van der Waals surface area contributed by atoms with E-state index in [1.807, 2.05) is 0 Å². The molecule has 2 saturated heterocycles. The van der Waals surface area contributed by atoms with Gasteiger partial charge in [0.15, 0.2) is 5.79 Å². The Morgan fingerprint density at radius 3 is 2.32 bits per heavy atom. The smallest absolute Gasteiger partial charge is 0.258 e. The summed E-state index contributed by atoms with van der Waals surface area (Å²) < 4.78 is 66.2. The predicted octanol–water partition coefficient (Wildman–Crippen LogP) is 3.40. The molecule has 2 aliphatic rings. The van der Waals surface area contributed by atoms with Gasteiger partial charge in [-0.3, -0.25) is 4.79 Å². The molecule has 0 saturated carbocycles. The Kier molecular flexibility index (Phi) is 6.01. The lowest BCUT2D eigenvalue weighted by molar-refractivity contribution is -0.179. The van der Waals surface area contributed by atoms with Crippen LogP contribution in [0.1, 0.15) is 23.2 Å². The van der Waals surface area contributed by atoms with Crippen LogP contribution >= 0.6 is 11.6 Å². The van der Waals surface area contributed by atoms with Crippen molar-refractivity contribution in [3.05, 3.63) is 58.6 Å². The molecule has 166 valence electrons. The third-order valence-corrected chi connectivity index (χ3v) is 7.48. The van der Waals surface area contributed by atoms with Crippen LogP contribution in [0, 0.1) is 11.6 Å². The number of hydrogen-bond acceptors (Lipinski definition) is 5. The Bertz CT molecular complexity index is 1110. The monoisotopic (exact) mass is 472 g/mol. The van der Waals surface area contributed by atoms with Gasteiger partial charge in [-0.05, 0) is 36.4 Å². The Morgan fingerprint density at radius 2 is 1.68 bits per heavy atom. The van der Waals surface area contributed by atoms with Crippen molar-refractivity contribution in [2.45, 2.75) is 23.5 Å². The van der Waals surface area contributed by atoms with Crippen molar-refractivity contribution in [2.24, 2.45) is 0 Å². The van der Waals surface area contributed by atoms with Crippen molar-refractivity contribution >= 4 is 33.2 Å². The maximum absolute atomic E-state index is 14.3. The third-order valence-electron chi connectivity index (χ3n) is 5.30. The maximum Gasteiger partial charge on any atom is 0.258 e.